The molecular formula is C9H23N3. The SMILES string of the molecule is CC.CN1CC(N)CCC(N)C1. The van der Waals surface area contributed by atoms with Crippen molar-refractivity contribution >= 4 is 0 Å². The van der Waals surface area contributed by atoms with Crippen LogP contribution in [0.4, 0.5) is 0 Å². The van der Waals surface area contributed by atoms with Crippen LogP contribution < -0.4 is 11.5 Å². The lowest BCUT2D eigenvalue weighted by molar-refractivity contribution is 0.320. The second-order valence-electron chi connectivity index (χ2n) is 3.32. The lowest BCUT2D eigenvalue weighted by Crippen LogP contribution is -2.36. The fourth-order valence-electron chi connectivity index (χ4n) is 1.49. The molecule has 74 valence electrons. The van der Waals surface area contributed by atoms with Gasteiger partial charge >= 0.3 is 0 Å². The molecule has 3 nitrogen and oxygen atoms in total. The quantitative estimate of drug-likeness (QED) is 0.557. The van der Waals surface area contributed by atoms with Crippen molar-refractivity contribution in [3.05, 3.63) is 0 Å². The number of hydrogen-bond acceptors (Lipinski definition) is 3. The summed E-state index contributed by atoms with van der Waals surface area (Å²) in [6.07, 6.45) is 2.15. The van der Waals surface area contributed by atoms with E-state index in [2.05, 4.69) is 11.9 Å². The standard InChI is InChI=1S/C7H17N3.C2H6/c1-10-4-6(8)2-3-7(9)5-10;1-2/h6-7H,2-5,8-9H2,1H3;1-2H3. The van der Waals surface area contributed by atoms with Crippen LogP contribution in [0.1, 0.15) is 26.7 Å². The first-order valence-corrected chi connectivity index (χ1v) is 4.88. The summed E-state index contributed by atoms with van der Waals surface area (Å²) in [6, 6.07) is 0.664. The van der Waals surface area contributed by atoms with E-state index in [0.29, 0.717) is 12.1 Å². The zero-order valence-electron chi connectivity index (χ0n) is 8.59. The maximum atomic E-state index is 5.79. The molecule has 1 heterocycles. The Morgan fingerprint density at radius 2 is 1.33 bits per heavy atom. The van der Waals surface area contributed by atoms with Gasteiger partial charge in [-0.25, -0.2) is 0 Å². The average Bonchev–Trinajstić information content (AvgIpc) is 2.16. The van der Waals surface area contributed by atoms with Crippen LogP contribution in [-0.4, -0.2) is 37.1 Å². The molecule has 0 aromatic rings. The molecule has 1 aliphatic heterocycles. The zero-order valence-corrected chi connectivity index (χ0v) is 8.59. The van der Waals surface area contributed by atoms with Crippen LogP contribution in [0.2, 0.25) is 0 Å². The molecule has 0 aliphatic carbocycles. The molecule has 0 amide bonds. The Balaban J connectivity index is 0.000000561. The Morgan fingerprint density at radius 3 is 1.67 bits per heavy atom. The van der Waals surface area contributed by atoms with Gasteiger partial charge in [0.05, 0.1) is 0 Å². The van der Waals surface area contributed by atoms with Crippen molar-refractivity contribution in [2.75, 3.05) is 20.1 Å². The first-order chi connectivity index (χ1) is 5.68. The van der Waals surface area contributed by atoms with Crippen LogP contribution in [0.3, 0.4) is 0 Å². The average molecular weight is 173 g/mol. The fraction of sp³-hybridized carbons (Fsp3) is 1.00. The van der Waals surface area contributed by atoms with E-state index in [1.165, 1.54) is 0 Å². The molecule has 1 rings (SSSR count). The van der Waals surface area contributed by atoms with Gasteiger partial charge < -0.3 is 16.4 Å². The summed E-state index contributed by atoms with van der Waals surface area (Å²) in [5, 5.41) is 0. The van der Waals surface area contributed by atoms with Gasteiger partial charge in [0, 0.05) is 25.2 Å². The van der Waals surface area contributed by atoms with Crippen LogP contribution in [-0.2, 0) is 0 Å². The third-order valence-corrected chi connectivity index (χ3v) is 2.00. The highest BCUT2D eigenvalue weighted by Gasteiger charge is 2.16. The molecule has 2 atom stereocenters. The Bertz CT molecular complexity index is 93.9. The molecular weight excluding hydrogens is 150 g/mol. The molecule has 1 fully saturated rings. The van der Waals surface area contributed by atoms with Crippen molar-refractivity contribution < 1.29 is 0 Å². The third-order valence-electron chi connectivity index (χ3n) is 2.00. The van der Waals surface area contributed by atoms with Crippen molar-refractivity contribution in [2.24, 2.45) is 11.5 Å². The summed E-state index contributed by atoms with van der Waals surface area (Å²) in [4.78, 5) is 2.21. The molecule has 0 spiro atoms. The van der Waals surface area contributed by atoms with Crippen molar-refractivity contribution in [3.63, 3.8) is 0 Å². The van der Waals surface area contributed by atoms with E-state index in [-0.39, 0.29) is 0 Å². The second-order valence-corrected chi connectivity index (χ2v) is 3.32. The van der Waals surface area contributed by atoms with Gasteiger partial charge in [-0.15, -0.1) is 0 Å². The van der Waals surface area contributed by atoms with Gasteiger partial charge in [0.2, 0.25) is 0 Å². The zero-order chi connectivity index (χ0) is 9.56. The highest BCUT2D eigenvalue weighted by Crippen LogP contribution is 2.05. The van der Waals surface area contributed by atoms with Gasteiger partial charge in [-0.3, -0.25) is 0 Å². The van der Waals surface area contributed by atoms with Crippen molar-refractivity contribution in [1.29, 1.82) is 0 Å². The monoisotopic (exact) mass is 173 g/mol. The minimum absolute atomic E-state index is 0.332. The van der Waals surface area contributed by atoms with Gasteiger partial charge in [-0.2, -0.15) is 0 Å². The van der Waals surface area contributed by atoms with E-state index >= 15 is 0 Å². The van der Waals surface area contributed by atoms with Gasteiger partial charge in [0.25, 0.3) is 0 Å². The van der Waals surface area contributed by atoms with Gasteiger partial charge in [0.1, 0.15) is 0 Å². The Hall–Kier alpha value is -0.120. The minimum Gasteiger partial charge on any atom is -0.327 e. The number of rotatable bonds is 0. The summed E-state index contributed by atoms with van der Waals surface area (Å²) < 4.78 is 0. The summed E-state index contributed by atoms with van der Waals surface area (Å²) in [7, 11) is 2.07. The van der Waals surface area contributed by atoms with Crippen LogP contribution >= 0.6 is 0 Å². The molecule has 0 aromatic carbocycles. The van der Waals surface area contributed by atoms with E-state index in [1.807, 2.05) is 13.8 Å². The van der Waals surface area contributed by atoms with Crippen LogP contribution in [0.25, 0.3) is 0 Å². The van der Waals surface area contributed by atoms with E-state index in [0.717, 1.165) is 25.9 Å². The molecule has 12 heavy (non-hydrogen) atoms. The van der Waals surface area contributed by atoms with Crippen molar-refractivity contribution in [2.45, 2.75) is 38.8 Å². The lowest BCUT2D eigenvalue weighted by Gasteiger charge is -2.17. The molecule has 1 aliphatic rings. The molecule has 0 saturated carbocycles. The number of likely N-dealkylation sites (tertiary alicyclic amines) is 1. The van der Waals surface area contributed by atoms with E-state index in [4.69, 9.17) is 11.5 Å². The predicted octanol–water partition coefficient (Wildman–Crippen LogP) is 0.393. The maximum Gasteiger partial charge on any atom is 0.0168 e. The summed E-state index contributed by atoms with van der Waals surface area (Å²) in [5.41, 5.74) is 11.6. The van der Waals surface area contributed by atoms with Gasteiger partial charge in [0.15, 0.2) is 0 Å². The van der Waals surface area contributed by atoms with E-state index in [1.54, 1.807) is 0 Å². The fourth-order valence-corrected chi connectivity index (χ4v) is 1.49. The van der Waals surface area contributed by atoms with Crippen molar-refractivity contribution in [1.82, 2.24) is 4.90 Å². The second kappa shape index (κ2) is 6.40. The third kappa shape index (κ3) is 4.70. The number of likely N-dealkylation sites (N-methyl/N-ethyl adjacent to an activating group) is 1. The smallest absolute Gasteiger partial charge is 0.0168 e. The molecule has 0 radical (unpaired) electrons. The van der Waals surface area contributed by atoms with Gasteiger partial charge in [-0.1, -0.05) is 13.8 Å². The normalized spacial score (nSPS) is 31.8. The topological polar surface area (TPSA) is 55.3 Å². The molecule has 0 bridgehead atoms. The maximum absolute atomic E-state index is 5.79. The largest absolute Gasteiger partial charge is 0.327 e. The minimum atomic E-state index is 0.332. The van der Waals surface area contributed by atoms with Crippen molar-refractivity contribution in [3.8, 4) is 0 Å². The van der Waals surface area contributed by atoms with E-state index in [9.17, 15) is 0 Å². The Labute approximate surface area is 76.1 Å². The molecule has 4 N–H and O–H groups in total. The number of nitrogens with zero attached hydrogens (tertiary/aromatic N) is 1. The van der Waals surface area contributed by atoms with E-state index < -0.39 is 0 Å². The first-order valence-electron chi connectivity index (χ1n) is 4.88. The summed E-state index contributed by atoms with van der Waals surface area (Å²) >= 11 is 0. The lowest BCUT2D eigenvalue weighted by atomic mass is 10.1. The Kier molecular flexibility index (Phi) is 6.34. The molecule has 2 unspecified atom stereocenters. The molecule has 1 saturated heterocycles. The molecule has 3 heteroatoms. The number of hydrogen-bond donors (Lipinski definition) is 2. The first kappa shape index (κ1) is 11.9. The Morgan fingerprint density at radius 1 is 1.00 bits per heavy atom. The number of nitrogens with two attached hydrogens (primary N) is 2. The molecule has 0 aromatic heterocycles. The van der Waals surface area contributed by atoms with Gasteiger partial charge in [-0.05, 0) is 19.9 Å². The summed E-state index contributed by atoms with van der Waals surface area (Å²) in [5.74, 6) is 0. The highest BCUT2D eigenvalue weighted by molar-refractivity contribution is 4.77. The van der Waals surface area contributed by atoms with Crippen LogP contribution in [0.15, 0.2) is 0 Å². The predicted molar refractivity (Wildman–Crippen MR) is 54.0 cm³/mol. The van der Waals surface area contributed by atoms with Crippen LogP contribution in [0.5, 0.6) is 0 Å². The highest BCUT2D eigenvalue weighted by atomic mass is 15.1. The van der Waals surface area contributed by atoms with Crippen LogP contribution in [0, 0.1) is 0 Å². The summed E-state index contributed by atoms with van der Waals surface area (Å²) in [6.45, 7) is 5.99.